The Labute approximate surface area is 132 Å². The highest BCUT2D eigenvalue weighted by atomic mass is 16.5. The minimum Gasteiger partial charge on any atom is -0.378 e. The van der Waals surface area contributed by atoms with Gasteiger partial charge in [-0.3, -0.25) is 9.48 Å². The first kappa shape index (κ1) is 15.5. The van der Waals surface area contributed by atoms with Crippen LogP contribution in [-0.4, -0.2) is 39.8 Å². The number of ether oxygens (including phenoxy) is 1. The minimum absolute atomic E-state index is 0.214. The molecule has 3 rings (SSSR count). The maximum Gasteiger partial charge on any atom is 0.223 e. The maximum absolute atomic E-state index is 12.7. The molecule has 22 heavy (non-hydrogen) atoms. The van der Waals surface area contributed by atoms with Crippen LogP contribution >= 0.6 is 0 Å². The first-order valence-electron chi connectivity index (χ1n) is 8.49. The molecule has 1 amide bonds. The molecule has 2 aliphatic rings. The van der Waals surface area contributed by atoms with Crippen LogP contribution < -0.4 is 0 Å². The Hall–Kier alpha value is -1.36. The highest BCUT2D eigenvalue weighted by Gasteiger charge is 2.33. The van der Waals surface area contributed by atoms with Crippen LogP contribution in [0.4, 0.5) is 0 Å². The van der Waals surface area contributed by atoms with E-state index in [0.717, 1.165) is 50.9 Å². The summed E-state index contributed by atoms with van der Waals surface area (Å²) in [5.41, 5.74) is 3.50. The van der Waals surface area contributed by atoms with Gasteiger partial charge >= 0.3 is 0 Å². The molecule has 122 valence electrons. The molecule has 2 aliphatic heterocycles. The Morgan fingerprint density at radius 1 is 1.32 bits per heavy atom. The van der Waals surface area contributed by atoms with Crippen molar-refractivity contribution in [3.63, 3.8) is 0 Å². The van der Waals surface area contributed by atoms with E-state index in [9.17, 15) is 4.79 Å². The predicted octanol–water partition coefficient (Wildman–Crippen LogP) is 2.66. The molecule has 2 saturated heterocycles. The Morgan fingerprint density at radius 3 is 2.77 bits per heavy atom. The lowest BCUT2D eigenvalue weighted by molar-refractivity contribution is -0.132. The molecule has 0 N–H and O–H groups in total. The third-order valence-electron chi connectivity index (χ3n) is 5.18. The average molecular weight is 305 g/mol. The van der Waals surface area contributed by atoms with Gasteiger partial charge in [0.2, 0.25) is 5.91 Å². The van der Waals surface area contributed by atoms with Crippen molar-refractivity contribution in [1.82, 2.24) is 14.7 Å². The van der Waals surface area contributed by atoms with E-state index in [1.165, 1.54) is 11.3 Å². The summed E-state index contributed by atoms with van der Waals surface area (Å²) in [7, 11) is 1.98. The number of rotatable bonds is 4. The predicted molar refractivity (Wildman–Crippen MR) is 84.6 cm³/mol. The highest BCUT2D eigenvalue weighted by molar-refractivity contribution is 5.77. The van der Waals surface area contributed by atoms with E-state index in [-0.39, 0.29) is 11.9 Å². The number of likely N-dealkylation sites (tertiary alicyclic amines) is 1. The van der Waals surface area contributed by atoms with Crippen LogP contribution in [0.2, 0.25) is 0 Å². The summed E-state index contributed by atoms with van der Waals surface area (Å²) >= 11 is 0. The first-order chi connectivity index (χ1) is 10.6. The van der Waals surface area contributed by atoms with E-state index < -0.39 is 0 Å². The number of aryl methyl sites for hydroxylation is 2. The molecule has 0 unspecified atom stereocenters. The molecule has 5 nitrogen and oxygen atoms in total. The summed E-state index contributed by atoms with van der Waals surface area (Å²) in [6.07, 6.45) is 6.17. The molecular weight excluding hydrogens is 278 g/mol. The van der Waals surface area contributed by atoms with Crippen LogP contribution in [-0.2, 0) is 16.6 Å². The topological polar surface area (TPSA) is 47.4 Å². The van der Waals surface area contributed by atoms with E-state index in [1.54, 1.807) is 0 Å². The van der Waals surface area contributed by atoms with Crippen LogP contribution in [0.15, 0.2) is 0 Å². The fraction of sp³-hybridized carbons (Fsp3) is 0.765. The number of hydrogen-bond donors (Lipinski definition) is 0. The Morgan fingerprint density at radius 2 is 2.14 bits per heavy atom. The molecule has 5 heteroatoms. The quantitative estimate of drug-likeness (QED) is 0.859. The second-order valence-electron chi connectivity index (χ2n) is 6.63. The molecule has 0 aliphatic carbocycles. The molecule has 0 bridgehead atoms. The van der Waals surface area contributed by atoms with Crippen LogP contribution in [0.3, 0.4) is 0 Å². The van der Waals surface area contributed by atoms with Gasteiger partial charge in [0.25, 0.3) is 0 Å². The van der Waals surface area contributed by atoms with Crippen molar-refractivity contribution in [2.45, 2.75) is 64.5 Å². The van der Waals surface area contributed by atoms with Gasteiger partial charge in [0.1, 0.15) is 0 Å². The van der Waals surface area contributed by atoms with Gasteiger partial charge in [-0.2, -0.15) is 5.10 Å². The van der Waals surface area contributed by atoms with Crippen LogP contribution in [0.25, 0.3) is 0 Å². The molecule has 1 aromatic rings. The van der Waals surface area contributed by atoms with E-state index in [1.807, 2.05) is 11.7 Å². The number of hydrogen-bond acceptors (Lipinski definition) is 3. The molecule has 2 atom stereocenters. The van der Waals surface area contributed by atoms with Crippen molar-refractivity contribution in [1.29, 1.82) is 0 Å². The second-order valence-corrected chi connectivity index (χ2v) is 6.63. The zero-order valence-corrected chi connectivity index (χ0v) is 14.0. The monoisotopic (exact) mass is 305 g/mol. The molecule has 1 aromatic heterocycles. The number of aromatic nitrogens is 2. The molecule has 0 aromatic carbocycles. The first-order valence-corrected chi connectivity index (χ1v) is 8.49. The van der Waals surface area contributed by atoms with E-state index in [0.29, 0.717) is 12.5 Å². The zero-order chi connectivity index (χ0) is 15.7. The van der Waals surface area contributed by atoms with E-state index in [2.05, 4.69) is 23.8 Å². The van der Waals surface area contributed by atoms with Crippen LogP contribution in [0, 0.1) is 13.8 Å². The number of carbonyl (C=O) groups excluding carboxylic acids is 1. The number of nitrogens with zero attached hydrogens (tertiary/aromatic N) is 3. The maximum atomic E-state index is 12.7. The standard InChI is InChI=1S/C17H27N3O2/c1-12-17(13(2)19(3)18-12)15-7-4-10-20(15)16(21)9-8-14-6-5-11-22-14/h14-15H,4-11H2,1-3H3/t14-,15-/m1/s1. The van der Waals surface area contributed by atoms with Crippen LogP contribution in [0.5, 0.6) is 0 Å². The summed E-state index contributed by atoms with van der Waals surface area (Å²) in [5, 5.41) is 4.52. The summed E-state index contributed by atoms with van der Waals surface area (Å²) in [5.74, 6) is 0.278. The second kappa shape index (κ2) is 6.41. The van der Waals surface area contributed by atoms with Crippen molar-refractivity contribution in [3.05, 3.63) is 17.0 Å². The van der Waals surface area contributed by atoms with Gasteiger partial charge in [-0.05, 0) is 46.0 Å². The summed E-state index contributed by atoms with van der Waals surface area (Å²) in [6, 6.07) is 0.214. The smallest absolute Gasteiger partial charge is 0.223 e. The van der Waals surface area contributed by atoms with Crippen molar-refractivity contribution in [3.8, 4) is 0 Å². The third kappa shape index (κ3) is 2.91. The lowest BCUT2D eigenvalue weighted by Gasteiger charge is -2.26. The van der Waals surface area contributed by atoms with Gasteiger partial charge in [0.05, 0.1) is 17.8 Å². The van der Waals surface area contributed by atoms with Gasteiger partial charge in [-0.25, -0.2) is 0 Å². The van der Waals surface area contributed by atoms with Crippen molar-refractivity contribution >= 4 is 5.91 Å². The van der Waals surface area contributed by atoms with Crippen LogP contribution in [0.1, 0.15) is 61.5 Å². The van der Waals surface area contributed by atoms with Crippen molar-refractivity contribution in [2.75, 3.05) is 13.2 Å². The van der Waals surface area contributed by atoms with Gasteiger partial charge < -0.3 is 9.64 Å². The molecule has 3 heterocycles. The Balaban J connectivity index is 1.68. The SMILES string of the molecule is Cc1nn(C)c(C)c1[C@H]1CCCN1C(=O)CC[C@H]1CCCO1. The molecule has 0 radical (unpaired) electrons. The lowest BCUT2D eigenvalue weighted by atomic mass is 10.0. The lowest BCUT2D eigenvalue weighted by Crippen LogP contribution is -2.31. The van der Waals surface area contributed by atoms with E-state index >= 15 is 0 Å². The minimum atomic E-state index is 0.214. The summed E-state index contributed by atoms with van der Waals surface area (Å²) in [4.78, 5) is 14.7. The van der Waals surface area contributed by atoms with Crippen molar-refractivity contribution in [2.24, 2.45) is 7.05 Å². The summed E-state index contributed by atoms with van der Waals surface area (Å²) < 4.78 is 7.56. The van der Waals surface area contributed by atoms with Gasteiger partial charge in [-0.15, -0.1) is 0 Å². The molecular formula is C17H27N3O2. The molecule has 0 saturated carbocycles. The molecule has 0 spiro atoms. The van der Waals surface area contributed by atoms with Crippen molar-refractivity contribution < 1.29 is 9.53 Å². The van der Waals surface area contributed by atoms with Gasteiger partial charge in [0.15, 0.2) is 0 Å². The number of amides is 1. The normalized spacial score (nSPS) is 25.1. The fourth-order valence-corrected chi connectivity index (χ4v) is 3.94. The molecule has 2 fully saturated rings. The largest absolute Gasteiger partial charge is 0.378 e. The fourth-order valence-electron chi connectivity index (χ4n) is 3.94. The third-order valence-corrected chi connectivity index (χ3v) is 5.18. The van der Waals surface area contributed by atoms with Gasteiger partial charge in [0, 0.05) is 37.9 Å². The van der Waals surface area contributed by atoms with Gasteiger partial charge in [-0.1, -0.05) is 0 Å². The Kier molecular flexibility index (Phi) is 4.52. The number of carbonyl (C=O) groups is 1. The van der Waals surface area contributed by atoms with E-state index in [4.69, 9.17) is 4.74 Å². The average Bonchev–Trinajstić information content (AvgIpc) is 3.19. The summed E-state index contributed by atoms with van der Waals surface area (Å²) in [6.45, 7) is 5.89. The zero-order valence-electron chi connectivity index (χ0n) is 14.0. The Bertz CT molecular complexity index is 546. The highest BCUT2D eigenvalue weighted by Crippen LogP contribution is 2.36.